The molecule has 6 nitrogen and oxygen atoms in total. The van der Waals surface area contributed by atoms with Gasteiger partial charge in [0.15, 0.2) is 6.29 Å². The first-order valence-electron chi connectivity index (χ1n) is 9.49. The second kappa shape index (κ2) is 8.71. The van der Waals surface area contributed by atoms with Crippen LogP contribution in [-0.4, -0.2) is 36.5 Å². The maximum Gasteiger partial charge on any atom is 0.181 e. The van der Waals surface area contributed by atoms with Gasteiger partial charge in [0.05, 0.1) is 23.4 Å². The van der Waals surface area contributed by atoms with E-state index in [1.807, 2.05) is 0 Å². The fourth-order valence-corrected chi connectivity index (χ4v) is 3.60. The van der Waals surface area contributed by atoms with Crippen LogP contribution in [0, 0.1) is 5.82 Å². The first-order valence-corrected chi connectivity index (χ1v) is 9.86. The molecule has 0 aromatic heterocycles. The molecule has 2 atom stereocenters. The van der Waals surface area contributed by atoms with Crippen molar-refractivity contribution in [1.82, 2.24) is 5.32 Å². The Bertz CT molecular complexity index is 893. The van der Waals surface area contributed by atoms with E-state index in [0.717, 1.165) is 25.1 Å². The molecule has 0 radical (unpaired) electrons. The average Bonchev–Trinajstić information content (AvgIpc) is 3.23. The van der Waals surface area contributed by atoms with Crippen LogP contribution in [0.2, 0.25) is 5.02 Å². The highest BCUT2D eigenvalue weighted by atomic mass is 35.5. The molecule has 3 N–H and O–H groups in total. The normalized spacial score (nSPS) is 22.7. The molecule has 0 saturated carbocycles. The van der Waals surface area contributed by atoms with E-state index in [0.29, 0.717) is 17.4 Å². The predicted octanol–water partition coefficient (Wildman–Crippen LogP) is 4.08. The highest BCUT2D eigenvalue weighted by molar-refractivity contribution is 6.33. The van der Waals surface area contributed by atoms with Gasteiger partial charge in [-0.1, -0.05) is 17.7 Å². The van der Waals surface area contributed by atoms with Crippen molar-refractivity contribution in [1.29, 1.82) is 0 Å². The molecule has 0 bridgehead atoms. The van der Waals surface area contributed by atoms with Crippen molar-refractivity contribution in [2.24, 2.45) is 4.99 Å². The fourth-order valence-electron chi connectivity index (χ4n) is 3.34. The van der Waals surface area contributed by atoms with E-state index in [-0.39, 0.29) is 17.5 Å². The molecular weight excluding hydrogens is 395 g/mol. The Morgan fingerprint density at radius 1 is 1.28 bits per heavy atom. The maximum absolute atomic E-state index is 14.6. The largest absolute Gasteiger partial charge is 0.508 e. The zero-order valence-electron chi connectivity index (χ0n) is 15.7. The summed E-state index contributed by atoms with van der Waals surface area (Å²) in [5.74, 6) is 0.404. The van der Waals surface area contributed by atoms with Crippen molar-refractivity contribution in [2.75, 3.05) is 23.4 Å². The summed E-state index contributed by atoms with van der Waals surface area (Å²) in [6, 6.07) is 11.2. The van der Waals surface area contributed by atoms with Crippen LogP contribution in [0.4, 0.5) is 15.8 Å². The van der Waals surface area contributed by atoms with Gasteiger partial charge in [0.2, 0.25) is 0 Å². The zero-order chi connectivity index (χ0) is 20.2. The zero-order valence-corrected chi connectivity index (χ0v) is 16.4. The van der Waals surface area contributed by atoms with E-state index in [9.17, 15) is 9.50 Å². The van der Waals surface area contributed by atoms with Gasteiger partial charge in [-0.15, -0.1) is 0 Å². The highest BCUT2D eigenvalue weighted by Gasteiger charge is 2.26. The van der Waals surface area contributed by atoms with Crippen molar-refractivity contribution in [2.45, 2.75) is 25.2 Å². The number of anilines is 2. The van der Waals surface area contributed by atoms with Gasteiger partial charge in [-0.2, -0.15) is 0 Å². The number of phenols is 1. The van der Waals surface area contributed by atoms with Crippen molar-refractivity contribution >= 4 is 28.8 Å². The third-order valence-corrected chi connectivity index (χ3v) is 5.12. The van der Waals surface area contributed by atoms with E-state index in [2.05, 4.69) is 15.6 Å². The molecule has 2 aliphatic heterocycles. The Labute approximate surface area is 173 Å². The number of amidine groups is 1. The predicted molar refractivity (Wildman–Crippen MR) is 113 cm³/mol. The minimum absolute atomic E-state index is 0.139. The number of hydrogen-bond acceptors (Lipinski definition) is 5. The molecular formula is C21H22ClFN4O2. The molecule has 1 saturated heterocycles. The van der Waals surface area contributed by atoms with Crippen LogP contribution in [-0.2, 0) is 4.74 Å². The van der Waals surface area contributed by atoms with Gasteiger partial charge in [0, 0.05) is 18.5 Å². The van der Waals surface area contributed by atoms with E-state index in [1.54, 1.807) is 53.6 Å². The molecule has 0 spiro atoms. The van der Waals surface area contributed by atoms with Crippen molar-refractivity contribution < 1.29 is 14.2 Å². The van der Waals surface area contributed by atoms with E-state index in [1.165, 1.54) is 6.07 Å². The van der Waals surface area contributed by atoms with Gasteiger partial charge in [-0.25, -0.2) is 4.39 Å². The first-order chi connectivity index (χ1) is 14.1. The smallest absolute Gasteiger partial charge is 0.181 e. The summed E-state index contributed by atoms with van der Waals surface area (Å²) in [6.45, 7) is 1.35. The van der Waals surface area contributed by atoms with Gasteiger partial charge in [0.25, 0.3) is 0 Å². The molecule has 2 aromatic rings. The molecule has 0 aliphatic carbocycles. The number of para-hydroxylation sites is 1. The fraction of sp³-hybridized carbons (Fsp3) is 0.286. The van der Waals surface area contributed by atoms with Crippen LogP contribution in [0.3, 0.4) is 0 Å². The highest BCUT2D eigenvalue weighted by Crippen LogP contribution is 2.31. The lowest BCUT2D eigenvalue weighted by atomic mass is 10.2. The summed E-state index contributed by atoms with van der Waals surface area (Å²) >= 11 is 6.28. The monoisotopic (exact) mass is 416 g/mol. The topological polar surface area (TPSA) is 69.1 Å². The Morgan fingerprint density at radius 3 is 2.83 bits per heavy atom. The second-order valence-corrected chi connectivity index (χ2v) is 7.30. The number of hydrogen-bond donors (Lipinski definition) is 3. The molecule has 0 amide bonds. The third-order valence-electron chi connectivity index (χ3n) is 4.81. The van der Waals surface area contributed by atoms with Gasteiger partial charge >= 0.3 is 0 Å². The van der Waals surface area contributed by atoms with Gasteiger partial charge < -0.3 is 25.4 Å². The number of benzene rings is 2. The molecule has 8 heteroatoms. The Morgan fingerprint density at radius 2 is 2.10 bits per heavy atom. The number of halogens is 2. The molecule has 4 rings (SSSR count). The van der Waals surface area contributed by atoms with Crippen LogP contribution in [0.25, 0.3) is 0 Å². The van der Waals surface area contributed by atoms with Gasteiger partial charge in [-0.3, -0.25) is 4.99 Å². The van der Waals surface area contributed by atoms with Crippen molar-refractivity contribution in [3.8, 4) is 5.75 Å². The Kier molecular flexibility index (Phi) is 5.87. The average molecular weight is 417 g/mol. The molecule has 2 heterocycles. The van der Waals surface area contributed by atoms with E-state index >= 15 is 0 Å². The third kappa shape index (κ3) is 4.63. The van der Waals surface area contributed by atoms with Crippen LogP contribution >= 0.6 is 11.6 Å². The van der Waals surface area contributed by atoms with Crippen LogP contribution in [0.5, 0.6) is 5.75 Å². The number of nitrogens with one attached hydrogen (secondary N) is 2. The second-order valence-electron chi connectivity index (χ2n) is 6.89. The Balaban J connectivity index is 1.61. The summed E-state index contributed by atoms with van der Waals surface area (Å²) in [7, 11) is 0. The van der Waals surface area contributed by atoms with Crippen LogP contribution < -0.4 is 15.5 Å². The van der Waals surface area contributed by atoms with Gasteiger partial charge in [0.1, 0.15) is 17.4 Å². The van der Waals surface area contributed by atoms with Crippen LogP contribution in [0.15, 0.2) is 59.7 Å². The standard InChI is InChI=1S/C21H22ClFN4O2/c22-17-4-1-5-18(23)20(17)27-11-10-19(24-13-16-3-2-12-29-16)26-21(27)25-14-6-8-15(28)9-7-14/h1,4-11,16,21,25,28H,2-3,12-13H2,(H,24,26). The summed E-state index contributed by atoms with van der Waals surface area (Å²) < 4.78 is 20.2. The van der Waals surface area contributed by atoms with Gasteiger partial charge in [-0.05, 0) is 55.3 Å². The minimum atomic E-state index is -0.540. The number of aliphatic imine (C=N–C) groups is 1. The SMILES string of the molecule is Oc1ccc(NC2NC(=NCC3CCCO3)C=CN2c2c(F)cccc2Cl)cc1. The molecule has 152 valence electrons. The molecule has 2 aliphatic rings. The summed E-state index contributed by atoms with van der Waals surface area (Å²) in [5.41, 5.74) is 0.999. The number of rotatable bonds is 5. The number of phenolic OH excluding ortho intramolecular Hbond substituents is 1. The summed E-state index contributed by atoms with van der Waals surface area (Å²) in [5, 5.41) is 16.4. The lowest BCUT2D eigenvalue weighted by Crippen LogP contribution is -2.54. The van der Waals surface area contributed by atoms with Crippen LogP contribution in [0.1, 0.15) is 12.8 Å². The number of aromatic hydroxyl groups is 1. The lowest BCUT2D eigenvalue weighted by Gasteiger charge is -2.36. The number of ether oxygens (including phenoxy) is 1. The van der Waals surface area contributed by atoms with E-state index in [4.69, 9.17) is 16.3 Å². The van der Waals surface area contributed by atoms with Crippen molar-refractivity contribution in [3.05, 3.63) is 65.6 Å². The summed E-state index contributed by atoms with van der Waals surface area (Å²) in [6.07, 6.45) is 5.19. The molecule has 2 unspecified atom stereocenters. The quantitative estimate of drug-likeness (QED) is 0.641. The first kappa shape index (κ1) is 19.5. The van der Waals surface area contributed by atoms with Crippen molar-refractivity contribution in [3.63, 3.8) is 0 Å². The van der Waals surface area contributed by atoms with E-state index < -0.39 is 12.1 Å². The Hall–Kier alpha value is -2.77. The lowest BCUT2D eigenvalue weighted by molar-refractivity contribution is 0.118. The maximum atomic E-state index is 14.6. The summed E-state index contributed by atoms with van der Waals surface area (Å²) in [4.78, 5) is 6.28. The molecule has 2 aromatic carbocycles. The molecule has 1 fully saturated rings. The number of nitrogens with zero attached hydrogens (tertiary/aromatic N) is 2. The minimum Gasteiger partial charge on any atom is -0.508 e. The molecule has 29 heavy (non-hydrogen) atoms.